The molecule has 0 aliphatic rings. The van der Waals surface area contributed by atoms with Crippen LogP contribution in [0.2, 0.25) is 0 Å². The summed E-state index contributed by atoms with van der Waals surface area (Å²) in [5, 5.41) is 12.0. The van der Waals surface area contributed by atoms with Crippen molar-refractivity contribution >= 4 is 11.7 Å². The second-order valence-electron chi connectivity index (χ2n) is 4.02. The normalized spacial score (nSPS) is 6.52. The van der Waals surface area contributed by atoms with E-state index in [-0.39, 0.29) is 11.3 Å². The minimum Gasteiger partial charge on any atom is -0.478 e. The smallest absolute Gasteiger partial charge is 0.336 e. The van der Waals surface area contributed by atoms with E-state index in [1.807, 2.05) is 0 Å². The molecule has 1 aromatic rings. The van der Waals surface area contributed by atoms with Gasteiger partial charge in [-0.15, -0.1) is 0 Å². The van der Waals surface area contributed by atoms with Crippen LogP contribution in [0.5, 0.6) is 0 Å². The molecule has 0 aliphatic heterocycles. The Morgan fingerprint density at radius 2 is 1.48 bits per heavy atom. The molecule has 0 spiro atoms. The summed E-state index contributed by atoms with van der Waals surface area (Å²) in [5.74, 6) is 24.5. The van der Waals surface area contributed by atoms with Crippen LogP contribution >= 0.6 is 0 Å². The average molecular weight is 327 g/mol. The highest BCUT2D eigenvalue weighted by molar-refractivity contribution is 5.93. The van der Waals surface area contributed by atoms with Crippen molar-refractivity contribution in [2.24, 2.45) is 5.11 Å². The van der Waals surface area contributed by atoms with Crippen LogP contribution in [-0.2, 0) is 0 Å². The van der Waals surface area contributed by atoms with Crippen LogP contribution in [0.15, 0.2) is 23.3 Å². The Morgan fingerprint density at radius 1 is 1.00 bits per heavy atom. The van der Waals surface area contributed by atoms with E-state index in [1.54, 1.807) is 26.8 Å². The molecule has 0 atom stereocenters. The highest BCUT2D eigenvalue weighted by Crippen LogP contribution is 2.20. The molecule has 0 bridgehead atoms. The summed E-state index contributed by atoms with van der Waals surface area (Å²) in [7, 11) is 0. The van der Waals surface area contributed by atoms with Crippen molar-refractivity contribution in [2.45, 2.75) is 20.8 Å². The largest absolute Gasteiger partial charge is 0.478 e. The Hall–Kier alpha value is -4.20. The number of benzene rings is 1. The second-order valence-corrected chi connectivity index (χ2v) is 4.02. The predicted molar refractivity (Wildman–Crippen MR) is 97.2 cm³/mol. The van der Waals surface area contributed by atoms with Crippen molar-refractivity contribution in [3.05, 3.63) is 39.8 Å². The van der Waals surface area contributed by atoms with E-state index in [2.05, 4.69) is 69.2 Å². The van der Waals surface area contributed by atoms with Gasteiger partial charge in [0.15, 0.2) is 0 Å². The lowest BCUT2D eigenvalue weighted by Gasteiger charge is -2.00. The van der Waals surface area contributed by atoms with Crippen LogP contribution in [0, 0.1) is 66.1 Å². The first-order valence-electron chi connectivity index (χ1n) is 6.79. The molecular formula is C20H13N3O2. The first kappa shape index (κ1) is 20.8. The van der Waals surface area contributed by atoms with Crippen LogP contribution < -0.4 is 0 Å². The molecule has 1 aromatic carbocycles. The number of hydrogen-bond donors (Lipinski definition) is 1. The fourth-order valence-corrected chi connectivity index (χ4v) is 1.27. The molecule has 1 rings (SSSR count). The maximum absolute atomic E-state index is 10.7. The number of carboxylic acids is 1. The molecule has 1 N–H and O–H groups in total. The van der Waals surface area contributed by atoms with E-state index >= 15 is 0 Å². The summed E-state index contributed by atoms with van der Waals surface area (Å²) >= 11 is 0. The molecule has 0 unspecified atom stereocenters. The van der Waals surface area contributed by atoms with Gasteiger partial charge in [-0.1, -0.05) is 34.7 Å². The zero-order valence-corrected chi connectivity index (χ0v) is 13.9. The van der Waals surface area contributed by atoms with Crippen LogP contribution in [-0.4, -0.2) is 11.1 Å². The lowest BCUT2D eigenvalue weighted by molar-refractivity contribution is 0.0697. The van der Waals surface area contributed by atoms with E-state index in [1.165, 1.54) is 12.1 Å². The van der Waals surface area contributed by atoms with E-state index in [0.29, 0.717) is 0 Å². The summed E-state index contributed by atoms with van der Waals surface area (Å²) in [6.45, 7) is 5.21. The third kappa shape index (κ3) is 10.2. The van der Waals surface area contributed by atoms with Gasteiger partial charge in [-0.2, -0.15) is 0 Å². The van der Waals surface area contributed by atoms with Gasteiger partial charge in [-0.25, -0.2) is 4.79 Å². The van der Waals surface area contributed by atoms with E-state index in [4.69, 9.17) is 10.6 Å². The maximum Gasteiger partial charge on any atom is 0.336 e. The molecule has 5 heteroatoms. The molecule has 0 heterocycles. The van der Waals surface area contributed by atoms with Crippen LogP contribution in [0.4, 0.5) is 5.69 Å². The summed E-state index contributed by atoms with van der Waals surface area (Å²) < 4.78 is 0. The highest BCUT2D eigenvalue weighted by atomic mass is 16.4. The lowest BCUT2D eigenvalue weighted by Crippen LogP contribution is -1.96. The van der Waals surface area contributed by atoms with Crippen molar-refractivity contribution in [3.8, 4) is 59.2 Å². The van der Waals surface area contributed by atoms with Gasteiger partial charge in [-0.3, -0.25) is 0 Å². The number of rotatable bonds is 2. The van der Waals surface area contributed by atoms with Gasteiger partial charge in [0.25, 0.3) is 0 Å². The number of aromatic carboxylic acids is 1. The number of carboxylic acid groups (broad SMARTS) is 1. The number of carbonyl (C=O) groups is 1. The number of nitrogens with zero attached hydrogens (tertiary/aromatic N) is 3. The Balaban J connectivity index is 0.000000463. The molecule has 0 aromatic heterocycles. The fourth-order valence-electron chi connectivity index (χ4n) is 1.27. The minimum atomic E-state index is -1.09. The number of hydrogen-bond acceptors (Lipinski definition) is 2. The first-order chi connectivity index (χ1) is 12.1. The molecule has 0 saturated heterocycles. The monoisotopic (exact) mass is 327 g/mol. The zero-order valence-electron chi connectivity index (χ0n) is 13.9. The Bertz CT molecular complexity index is 948. The van der Waals surface area contributed by atoms with Gasteiger partial charge in [0.05, 0.1) is 11.3 Å². The lowest BCUT2D eigenvalue weighted by atomic mass is 10.1. The quantitative estimate of drug-likeness (QED) is 0.389. The van der Waals surface area contributed by atoms with E-state index in [9.17, 15) is 4.79 Å². The van der Waals surface area contributed by atoms with Crippen LogP contribution in [0.1, 0.15) is 29.8 Å². The molecule has 0 amide bonds. The van der Waals surface area contributed by atoms with Gasteiger partial charge in [-0.05, 0) is 79.7 Å². The van der Waals surface area contributed by atoms with Gasteiger partial charge >= 0.3 is 5.97 Å². The fraction of sp³-hybridized carbons (Fsp3) is 0.150. The van der Waals surface area contributed by atoms with E-state index in [0.717, 1.165) is 5.56 Å². The Labute approximate surface area is 147 Å². The molecule has 0 saturated carbocycles. The summed E-state index contributed by atoms with van der Waals surface area (Å²) in [6, 6.07) is 4.64. The summed E-state index contributed by atoms with van der Waals surface area (Å²) in [4.78, 5) is 13.2. The molecule has 0 fully saturated rings. The van der Waals surface area contributed by atoms with Crippen molar-refractivity contribution in [1.82, 2.24) is 0 Å². The van der Waals surface area contributed by atoms with Gasteiger partial charge in [0.2, 0.25) is 0 Å². The highest BCUT2D eigenvalue weighted by Gasteiger charge is 2.07. The molecular weight excluding hydrogens is 314 g/mol. The van der Waals surface area contributed by atoms with Gasteiger partial charge in [0, 0.05) is 4.91 Å². The summed E-state index contributed by atoms with van der Waals surface area (Å²) in [6.07, 6.45) is 0. The molecule has 0 radical (unpaired) electrons. The minimum absolute atomic E-state index is 0.0257. The topological polar surface area (TPSA) is 86.1 Å². The third-order valence-electron chi connectivity index (χ3n) is 2.22. The molecule has 0 aliphatic carbocycles. The number of azide groups is 1. The third-order valence-corrected chi connectivity index (χ3v) is 2.22. The Morgan fingerprint density at radius 3 is 1.88 bits per heavy atom. The van der Waals surface area contributed by atoms with Crippen molar-refractivity contribution in [3.63, 3.8) is 0 Å². The molecule has 25 heavy (non-hydrogen) atoms. The predicted octanol–water partition coefficient (Wildman–Crippen LogP) is 3.68. The van der Waals surface area contributed by atoms with Crippen LogP contribution in [0.3, 0.4) is 0 Å². The summed E-state index contributed by atoms with van der Waals surface area (Å²) in [5.41, 5.74) is 9.14. The SMILES string of the molecule is CC#CC#CC#CC#CC#CC.Cc1ccc(N=[N+]=[N-])c(C(=O)O)c1. The van der Waals surface area contributed by atoms with Crippen molar-refractivity contribution in [2.75, 3.05) is 0 Å². The molecule has 120 valence electrons. The van der Waals surface area contributed by atoms with Crippen molar-refractivity contribution in [1.29, 1.82) is 0 Å². The van der Waals surface area contributed by atoms with Gasteiger partial charge in [0.1, 0.15) is 0 Å². The van der Waals surface area contributed by atoms with Gasteiger partial charge < -0.3 is 5.11 Å². The number of aryl methyl sites for hydroxylation is 1. The standard InChI is InChI=1S/C12H6.C8H7N3O2/c1-3-5-7-9-11-12-10-8-6-4-2;1-5-2-3-7(10-11-9)6(4-5)8(12)13/h1-2H3;2-4H,1H3,(H,12,13). The second kappa shape index (κ2) is 13.5. The van der Waals surface area contributed by atoms with E-state index < -0.39 is 5.97 Å². The van der Waals surface area contributed by atoms with Crippen LogP contribution in [0.25, 0.3) is 10.4 Å². The average Bonchev–Trinajstić information content (AvgIpc) is 2.59. The maximum atomic E-state index is 10.7. The van der Waals surface area contributed by atoms with Crippen molar-refractivity contribution < 1.29 is 9.90 Å². The molecule has 5 nitrogen and oxygen atoms in total. The zero-order chi connectivity index (χ0) is 18.9. The Kier molecular flexibility index (Phi) is 11.2. The first-order valence-corrected chi connectivity index (χ1v) is 6.79.